The number of hydrogen-bond acceptors (Lipinski definition) is 3. The van der Waals surface area contributed by atoms with Gasteiger partial charge < -0.3 is 10.0 Å². The van der Waals surface area contributed by atoms with Crippen LogP contribution in [0.15, 0.2) is 30.3 Å². The minimum atomic E-state index is -1.10. The number of aliphatic carboxylic acids is 1. The molecule has 1 aliphatic heterocycles. The molecule has 0 radical (unpaired) electrons. The van der Waals surface area contributed by atoms with E-state index in [4.69, 9.17) is 0 Å². The molecule has 5 heteroatoms. The van der Waals surface area contributed by atoms with Crippen molar-refractivity contribution in [2.24, 2.45) is 0 Å². The Morgan fingerprint density at radius 1 is 1.45 bits per heavy atom. The number of rotatable bonds is 5. The van der Waals surface area contributed by atoms with E-state index in [0.29, 0.717) is 25.9 Å². The molecule has 1 amide bonds. The lowest BCUT2D eigenvalue weighted by Gasteiger charge is -2.43. The average Bonchev–Trinajstić information content (AvgIpc) is 2.47. The zero-order valence-electron chi connectivity index (χ0n) is 11.7. The Labute approximate surface area is 118 Å². The van der Waals surface area contributed by atoms with Gasteiger partial charge in [0.1, 0.15) is 0 Å². The lowest BCUT2D eigenvalue weighted by molar-refractivity contribution is -0.158. The predicted octanol–water partition coefficient (Wildman–Crippen LogP) is 1.19. The van der Waals surface area contributed by atoms with Crippen LogP contribution in [0.5, 0.6) is 0 Å². The molecule has 1 aromatic carbocycles. The fourth-order valence-electron chi connectivity index (χ4n) is 2.81. The molecule has 5 nitrogen and oxygen atoms in total. The number of nitrogens with zero attached hydrogens (tertiary/aromatic N) is 2. The SMILES string of the molecule is CN(C=O)C1(C(=O)O)CCCN(Cc2ccccc2)C1. The van der Waals surface area contributed by atoms with Crippen molar-refractivity contribution < 1.29 is 14.7 Å². The molecule has 1 aromatic rings. The molecule has 1 saturated heterocycles. The lowest BCUT2D eigenvalue weighted by atomic mass is 9.87. The summed E-state index contributed by atoms with van der Waals surface area (Å²) in [7, 11) is 1.55. The summed E-state index contributed by atoms with van der Waals surface area (Å²) in [5.74, 6) is -0.926. The van der Waals surface area contributed by atoms with Gasteiger partial charge in [0, 0.05) is 20.1 Å². The van der Waals surface area contributed by atoms with Crippen LogP contribution in [0.4, 0.5) is 0 Å². The van der Waals surface area contributed by atoms with Gasteiger partial charge in [-0.05, 0) is 24.9 Å². The van der Waals surface area contributed by atoms with Crippen molar-refractivity contribution in [1.82, 2.24) is 9.80 Å². The molecule has 20 heavy (non-hydrogen) atoms. The molecule has 0 saturated carbocycles. The number of amides is 1. The van der Waals surface area contributed by atoms with Crippen molar-refractivity contribution in [3.8, 4) is 0 Å². The topological polar surface area (TPSA) is 60.9 Å². The lowest BCUT2D eigenvalue weighted by Crippen LogP contribution is -2.61. The number of carboxylic acid groups (broad SMARTS) is 1. The monoisotopic (exact) mass is 276 g/mol. The largest absolute Gasteiger partial charge is 0.479 e. The third-order valence-corrected chi connectivity index (χ3v) is 4.03. The Bertz CT molecular complexity index is 477. The number of carboxylic acids is 1. The first kappa shape index (κ1) is 14.5. The first-order valence-electron chi connectivity index (χ1n) is 6.76. The fraction of sp³-hybridized carbons (Fsp3) is 0.467. The maximum absolute atomic E-state index is 11.6. The number of likely N-dealkylation sites (N-methyl/N-ethyl adjacent to an activating group) is 1. The summed E-state index contributed by atoms with van der Waals surface area (Å²) >= 11 is 0. The van der Waals surface area contributed by atoms with Crippen LogP contribution in [0.25, 0.3) is 0 Å². The summed E-state index contributed by atoms with van der Waals surface area (Å²) in [5, 5.41) is 9.55. The number of hydrogen-bond donors (Lipinski definition) is 1. The highest BCUT2D eigenvalue weighted by Gasteiger charge is 2.45. The molecular formula is C15H20N2O3. The van der Waals surface area contributed by atoms with Gasteiger partial charge in [-0.1, -0.05) is 30.3 Å². The Kier molecular flexibility index (Phi) is 4.39. The Balaban J connectivity index is 2.14. The summed E-state index contributed by atoms with van der Waals surface area (Å²) in [6, 6.07) is 9.96. The van der Waals surface area contributed by atoms with Gasteiger partial charge in [-0.3, -0.25) is 9.69 Å². The number of piperidine rings is 1. The zero-order valence-corrected chi connectivity index (χ0v) is 11.7. The maximum Gasteiger partial charge on any atom is 0.330 e. The molecule has 0 spiro atoms. The molecule has 0 aromatic heterocycles. The van der Waals surface area contributed by atoms with Crippen LogP contribution < -0.4 is 0 Å². The third-order valence-electron chi connectivity index (χ3n) is 4.03. The number of likely N-dealkylation sites (tertiary alicyclic amines) is 1. The highest BCUT2D eigenvalue weighted by Crippen LogP contribution is 2.27. The fourth-order valence-corrected chi connectivity index (χ4v) is 2.81. The minimum Gasteiger partial charge on any atom is -0.479 e. The van der Waals surface area contributed by atoms with Crippen LogP contribution in [-0.2, 0) is 16.1 Å². The average molecular weight is 276 g/mol. The van der Waals surface area contributed by atoms with E-state index >= 15 is 0 Å². The third kappa shape index (κ3) is 2.82. The summed E-state index contributed by atoms with van der Waals surface area (Å²) in [4.78, 5) is 26.1. The standard InChI is InChI=1S/C15H20N2O3/c1-16(12-18)15(14(19)20)8-5-9-17(11-15)10-13-6-3-2-4-7-13/h2-4,6-7,12H,5,8-11H2,1H3,(H,19,20). The summed E-state index contributed by atoms with van der Waals surface area (Å²) in [6.45, 7) is 1.94. The highest BCUT2D eigenvalue weighted by molar-refractivity contribution is 5.82. The van der Waals surface area contributed by atoms with Crippen LogP contribution in [0.2, 0.25) is 0 Å². The van der Waals surface area contributed by atoms with Crippen molar-refractivity contribution >= 4 is 12.4 Å². The molecule has 1 fully saturated rings. The van der Waals surface area contributed by atoms with Crippen molar-refractivity contribution in [1.29, 1.82) is 0 Å². The van der Waals surface area contributed by atoms with E-state index in [1.807, 2.05) is 30.3 Å². The summed E-state index contributed by atoms with van der Waals surface area (Å²) in [6.07, 6.45) is 1.89. The molecule has 1 atom stereocenters. The zero-order chi connectivity index (χ0) is 14.6. The molecule has 1 heterocycles. The maximum atomic E-state index is 11.6. The van der Waals surface area contributed by atoms with Gasteiger partial charge in [0.15, 0.2) is 5.54 Å². The van der Waals surface area contributed by atoms with Crippen LogP contribution >= 0.6 is 0 Å². The van der Waals surface area contributed by atoms with Crippen molar-refractivity contribution in [2.45, 2.75) is 24.9 Å². The second kappa shape index (κ2) is 6.05. The van der Waals surface area contributed by atoms with Gasteiger partial charge >= 0.3 is 5.97 Å². The first-order chi connectivity index (χ1) is 9.58. The van der Waals surface area contributed by atoms with E-state index in [-0.39, 0.29) is 0 Å². The minimum absolute atomic E-state index is 0.368. The quantitative estimate of drug-likeness (QED) is 0.821. The van der Waals surface area contributed by atoms with Crippen LogP contribution in [0, 0.1) is 0 Å². The number of carbonyl (C=O) groups excluding carboxylic acids is 1. The summed E-state index contributed by atoms with van der Waals surface area (Å²) < 4.78 is 0. The van der Waals surface area contributed by atoms with E-state index in [1.54, 1.807) is 7.05 Å². The molecule has 1 aliphatic rings. The Morgan fingerprint density at radius 2 is 2.15 bits per heavy atom. The molecule has 1 N–H and O–H groups in total. The van der Waals surface area contributed by atoms with Gasteiger partial charge in [-0.25, -0.2) is 4.79 Å². The Morgan fingerprint density at radius 3 is 2.75 bits per heavy atom. The van der Waals surface area contributed by atoms with Crippen LogP contribution in [0.1, 0.15) is 18.4 Å². The van der Waals surface area contributed by atoms with E-state index < -0.39 is 11.5 Å². The van der Waals surface area contributed by atoms with E-state index in [1.165, 1.54) is 4.90 Å². The van der Waals surface area contributed by atoms with E-state index in [9.17, 15) is 14.7 Å². The second-order valence-electron chi connectivity index (χ2n) is 5.35. The smallest absolute Gasteiger partial charge is 0.330 e. The van der Waals surface area contributed by atoms with E-state index in [2.05, 4.69) is 4.90 Å². The van der Waals surface area contributed by atoms with E-state index in [0.717, 1.165) is 18.5 Å². The molecule has 1 unspecified atom stereocenters. The first-order valence-corrected chi connectivity index (χ1v) is 6.76. The van der Waals surface area contributed by atoms with Crippen molar-refractivity contribution in [3.63, 3.8) is 0 Å². The van der Waals surface area contributed by atoms with Crippen LogP contribution in [0.3, 0.4) is 0 Å². The molecule has 0 aliphatic carbocycles. The van der Waals surface area contributed by atoms with Gasteiger partial charge in [0.05, 0.1) is 0 Å². The van der Waals surface area contributed by atoms with Crippen LogP contribution in [-0.4, -0.2) is 53.0 Å². The molecule has 0 bridgehead atoms. The molecular weight excluding hydrogens is 256 g/mol. The Hall–Kier alpha value is -1.88. The van der Waals surface area contributed by atoms with Gasteiger partial charge in [0.25, 0.3) is 0 Å². The molecule has 108 valence electrons. The van der Waals surface area contributed by atoms with Crippen molar-refractivity contribution in [2.75, 3.05) is 20.1 Å². The highest BCUT2D eigenvalue weighted by atomic mass is 16.4. The normalized spacial score (nSPS) is 23.2. The number of carbonyl (C=O) groups is 2. The number of benzene rings is 1. The van der Waals surface area contributed by atoms with Gasteiger partial charge in [-0.15, -0.1) is 0 Å². The predicted molar refractivity (Wildman–Crippen MR) is 75.1 cm³/mol. The second-order valence-corrected chi connectivity index (χ2v) is 5.35. The van der Waals surface area contributed by atoms with Crippen molar-refractivity contribution in [3.05, 3.63) is 35.9 Å². The summed E-state index contributed by atoms with van der Waals surface area (Å²) in [5.41, 5.74) is 0.0526. The van der Waals surface area contributed by atoms with Gasteiger partial charge in [0.2, 0.25) is 6.41 Å². The molecule has 2 rings (SSSR count). The van der Waals surface area contributed by atoms with Gasteiger partial charge in [-0.2, -0.15) is 0 Å².